The van der Waals surface area contributed by atoms with E-state index < -0.39 is 5.91 Å². The largest absolute Gasteiger partial charge is 0.494 e. The number of para-hydroxylation sites is 1. The van der Waals surface area contributed by atoms with Gasteiger partial charge in [-0.3, -0.25) is 9.89 Å². The zero-order valence-electron chi connectivity index (χ0n) is 16.9. The molecule has 10 heteroatoms. The summed E-state index contributed by atoms with van der Waals surface area (Å²) in [6.07, 6.45) is 5.32. The molecule has 1 amide bonds. The average Bonchev–Trinajstić information content (AvgIpc) is 3.68. The van der Waals surface area contributed by atoms with Gasteiger partial charge in [-0.05, 0) is 63.1 Å². The van der Waals surface area contributed by atoms with Crippen LogP contribution in [0.4, 0.5) is 11.4 Å². The number of methoxy groups -OCH3 is 1. The first-order valence-electron chi connectivity index (χ1n) is 10.2. The van der Waals surface area contributed by atoms with E-state index in [0.717, 1.165) is 22.6 Å². The molecule has 160 valence electrons. The Morgan fingerprint density at radius 1 is 1.19 bits per heavy atom. The van der Waals surface area contributed by atoms with Crippen molar-refractivity contribution in [3.8, 4) is 17.0 Å². The summed E-state index contributed by atoms with van der Waals surface area (Å²) in [5.41, 5.74) is 11.1. The summed E-state index contributed by atoms with van der Waals surface area (Å²) in [5, 5.41) is 18.7. The fraction of sp³-hybridized carbons (Fsp3) is 0.333. The molecule has 0 atom stereocenters. The number of hydrogen-bond donors (Lipinski definition) is 3. The molecule has 2 aliphatic rings. The molecule has 2 aliphatic carbocycles. The Balaban J connectivity index is 1.49. The Bertz CT molecular complexity index is 1130. The number of amides is 1. The number of nitrogens with zero attached hydrogens (tertiary/aromatic N) is 3. The van der Waals surface area contributed by atoms with Gasteiger partial charge >= 0.3 is 0 Å². The van der Waals surface area contributed by atoms with Crippen LogP contribution in [0.15, 0.2) is 30.3 Å². The summed E-state index contributed by atoms with van der Waals surface area (Å²) in [4.78, 5) is 11.7. The van der Waals surface area contributed by atoms with E-state index in [2.05, 4.69) is 31.8 Å². The second-order valence-corrected chi connectivity index (χ2v) is 10.9. The van der Waals surface area contributed by atoms with Gasteiger partial charge in [0.25, 0.3) is 5.91 Å². The molecule has 2 heterocycles. The van der Waals surface area contributed by atoms with E-state index in [-0.39, 0.29) is 18.8 Å². The molecule has 0 unspecified atom stereocenters. The number of hydrogen-bond acceptors (Lipinski definition) is 6. The lowest BCUT2D eigenvalue weighted by Crippen LogP contribution is -2.16. The number of halogens is 1. The first-order valence-corrected chi connectivity index (χ1v) is 12.0. The fourth-order valence-electron chi connectivity index (χ4n) is 3.82. The van der Waals surface area contributed by atoms with Crippen LogP contribution >= 0.6 is 19.5 Å². The third-order valence-electron chi connectivity index (χ3n) is 5.49. The van der Waals surface area contributed by atoms with E-state index >= 15 is 0 Å². The smallest absolute Gasteiger partial charge is 0.271 e. The molecule has 2 fully saturated rings. The van der Waals surface area contributed by atoms with Crippen molar-refractivity contribution in [1.29, 1.82) is 0 Å². The number of anilines is 2. The van der Waals surface area contributed by atoms with Crippen LogP contribution < -0.4 is 21.2 Å². The van der Waals surface area contributed by atoms with Gasteiger partial charge in [-0.2, -0.15) is 5.10 Å². The van der Waals surface area contributed by atoms with Gasteiger partial charge in [0, 0.05) is 11.6 Å². The Morgan fingerprint density at radius 3 is 2.58 bits per heavy atom. The predicted molar refractivity (Wildman–Crippen MR) is 122 cm³/mol. The molecule has 8 nitrogen and oxygen atoms in total. The molecular weight excluding hydrogens is 435 g/mol. The minimum absolute atomic E-state index is 0.000177. The number of nitrogens with one attached hydrogen (secondary N) is 2. The summed E-state index contributed by atoms with van der Waals surface area (Å²) in [6.45, 7) is 0. The number of carbonyl (C=O) groups is 1. The summed E-state index contributed by atoms with van der Waals surface area (Å²) in [7, 11) is 1.43. The van der Waals surface area contributed by atoms with Gasteiger partial charge in [0.1, 0.15) is 0 Å². The van der Waals surface area contributed by atoms with Gasteiger partial charge in [0.15, 0.2) is 16.6 Å². The van der Waals surface area contributed by atoms with Crippen LogP contribution in [0, 0.1) is 0 Å². The molecule has 2 saturated carbocycles. The monoisotopic (exact) mass is 456 g/mol. The number of primary amides is 1. The number of aromatic amines is 1. The molecule has 1 aromatic carbocycles. The Labute approximate surface area is 185 Å². The van der Waals surface area contributed by atoms with Gasteiger partial charge in [0.2, 0.25) is 0 Å². The molecule has 0 bridgehead atoms. The van der Waals surface area contributed by atoms with Gasteiger partial charge < -0.3 is 15.8 Å². The van der Waals surface area contributed by atoms with Crippen LogP contribution in [0.1, 0.15) is 36.2 Å². The highest BCUT2D eigenvalue weighted by molar-refractivity contribution is 7.67. The molecule has 4 N–H and O–H groups in total. The maximum Gasteiger partial charge on any atom is 0.271 e. The maximum absolute atomic E-state index is 11.7. The SMILES string of the molecule is COc1c(Nc2cc(Cl)nnc2C(N)=O)cccc1-c1cc(P(C2CC2)C2CC2)n[nH]1. The molecule has 31 heavy (non-hydrogen) atoms. The van der Waals surface area contributed by atoms with Crippen molar-refractivity contribution in [2.24, 2.45) is 5.73 Å². The summed E-state index contributed by atoms with van der Waals surface area (Å²) >= 11 is 5.97. The molecule has 0 spiro atoms. The second kappa shape index (κ2) is 8.09. The zero-order chi connectivity index (χ0) is 21.5. The van der Waals surface area contributed by atoms with E-state index in [9.17, 15) is 4.79 Å². The minimum atomic E-state index is -0.700. The maximum atomic E-state index is 11.7. The van der Waals surface area contributed by atoms with Crippen molar-refractivity contribution in [2.75, 3.05) is 12.4 Å². The molecule has 2 aromatic heterocycles. The van der Waals surface area contributed by atoms with E-state index in [1.807, 2.05) is 18.2 Å². The molecule has 3 aromatic rings. The predicted octanol–water partition coefficient (Wildman–Crippen LogP) is 3.80. The molecular formula is C21H22ClN6O2P. The summed E-state index contributed by atoms with van der Waals surface area (Å²) < 4.78 is 5.73. The quantitative estimate of drug-likeness (QED) is 0.443. The number of benzene rings is 1. The topological polar surface area (TPSA) is 119 Å². The second-order valence-electron chi connectivity index (χ2n) is 7.81. The van der Waals surface area contributed by atoms with E-state index in [1.165, 1.54) is 37.2 Å². The van der Waals surface area contributed by atoms with Crippen LogP contribution in [0.3, 0.4) is 0 Å². The van der Waals surface area contributed by atoms with Gasteiger partial charge in [0.05, 0.1) is 29.6 Å². The van der Waals surface area contributed by atoms with Crippen LogP contribution in [-0.4, -0.2) is 44.7 Å². The third-order valence-corrected chi connectivity index (χ3v) is 9.03. The van der Waals surface area contributed by atoms with Crippen molar-refractivity contribution >= 4 is 42.2 Å². The van der Waals surface area contributed by atoms with Crippen molar-refractivity contribution in [2.45, 2.75) is 37.0 Å². The Morgan fingerprint density at radius 2 is 1.94 bits per heavy atom. The number of H-pyrrole nitrogens is 1. The highest BCUT2D eigenvalue weighted by atomic mass is 35.5. The third kappa shape index (κ3) is 4.10. The fourth-order valence-corrected chi connectivity index (χ4v) is 7.16. The van der Waals surface area contributed by atoms with Crippen LogP contribution in [-0.2, 0) is 0 Å². The van der Waals surface area contributed by atoms with Gasteiger partial charge in [-0.1, -0.05) is 17.7 Å². The first-order chi connectivity index (χ1) is 15.0. The average molecular weight is 457 g/mol. The molecule has 5 rings (SSSR count). The van der Waals surface area contributed by atoms with Crippen molar-refractivity contribution < 1.29 is 9.53 Å². The lowest BCUT2D eigenvalue weighted by atomic mass is 10.1. The normalized spacial score (nSPS) is 15.8. The van der Waals surface area contributed by atoms with E-state index in [4.69, 9.17) is 22.1 Å². The number of ether oxygens (including phenoxy) is 1. The van der Waals surface area contributed by atoms with Gasteiger partial charge in [-0.15, -0.1) is 10.2 Å². The zero-order valence-corrected chi connectivity index (χ0v) is 18.6. The Kier molecular flexibility index (Phi) is 5.28. The molecule has 0 radical (unpaired) electrons. The number of nitrogens with two attached hydrogens (primary N) is 1. The summed E-state index contributed by atoms with van der Waals surface area (Å²) in [6, 6.07) is 9.41. The molecule has 0 saturated heterocycles. The van der Waals surface area contributed by atoms with E-state index in [1.54, 1.807) is 7.11 Å². The van der Waals surface area contributed by atoms with Crippen LogP contribution in [0.2, 0.25) is 5.15 Å². The van der Waals surface area contributed by atoms with Crippen molar-refractivity contribution in [1.82, 2.24) is 20.4 Å². The first kappa shape index (κ1) is 20.2. The molecule has 0 aliphatic heterocycles. The highest BCUT2D eigenvalue weighted by Gasteiger charge is 2.43. The number of rotatable bonds is 8. The van der Waals surface area contributed by atoms with Crippen LogP contribution in [0.5, 0.6) is 5.75 Å². The van der Waals surface area contributed by atoms with Gasteiger partial charge in [-0.25, -0.2) is 0 Å². The number of carbonyl (C=O) groups excluding carboxylic acids is 1. The minimum Gasteiger partial charge on any atom is -0.494 e. The Hall–Kier alpha value is -2.70. The van der Waals surface area contributed by atoms with Crippen molar-refractivity contribution in [3.63, 3.8) is 0 Å². The number of aromatic nitrogens is 4. The lowest BCUT2D eigenvalue weighted by molar-refractivity contribution is 0.0995. The lowest BCUT2D eigenvalue weighted by Gasteiger charge is -2.15. The van der Waals surface area contributed by atoms with Crippen LogP contribution in [0.25, 0.3) is 11.3 Å². The van der Waals surface area contributed by atoms with Crippen molar-refractivity contribution in [3.05, 3.63) is 41.2 Å². The summed E-state index contributed by atoms with van der Waals surface area (Å²) in [5.74, 6) is -0.0864. The highest BCUT2D eigenvalue weighted by Crippen LogP contribution is 2.62. The standard InChI is InChI=1S/C21H22ClN6O2P/c1-30-20-13(15-10-18(27-25-15)31(11-5-6-11)12-7-8-12)3-2-4-14(20)24-16-9-17(22)26-28-19(16)21(23)29/h2-4,9-12H,5-8H2,1H3,(H2,23,29)(H,24,26)(H,25,27). The van der Waals surface area contributed by atoms with E-state index in [0.29, 0.717) is 17.1 Å².